The summed E-state index contributed by atoms with van der Waals surface area (Å²) in [5.41, 5.74) is 0. The maximum Gasteiger partial charge on any atom is 0.0459 e. The average Bonchev–Trinajstić information content (AvgIpc) is 1.91. The van der Waals surface area contributed by atoms with E-state index in [0.717, 1.165) is 13.0 Å². The van der Waals surface area contributed by atoms with Crippen LogP contribution < -0.4 is 0 Å². The Morgan fingerprint density at radius 2 is 1.67 bits per heavy atom. The summed E-state index contributed by atoms with van der Waals surface area (Å²) in [6.07, 6.45) is 5.12. The van der Waals surface area contributed by atoms with Gasteiger partial charge in [-0.1, -0.05) is 19.1 Å². The van der Waals surface area contributed by atoms with E-state index in [1.54, 1.807) is 7.11 Å². The number of hydrogen-bond donors (Lipinski definition) is 0. The number of allylic oxidation sites excluding steroid dienone is 2. The molecule has 0 fully saturated rings. The summed E-state index contributed by atoms with van der Waals surface area (Å²) in [6.45, 7) is 6.98. The van der Waals surface area contributed by atoms with Gasteiger partial charge in [0.15, 0.2) is 0 Å². The molecule has 0 unspecified atom stereocenters. The molecule has 0 bridgehead atoms. The summed E-state index contributed by atoms with van der Waals surface area (Å²) in [5.74, 6) is 0. The fourth-order valence-corrected chi connectivity index (χ4v) is 0.204. The predicted octanol–water partition coefficient (Wildman–Crippen LogP) is 2.63. The maximum absolute atomic E-state index is 4.69. The molecule has 0 aromatic heterocycles. The molecule has 0 saturated heterocycles. The zero-order valence-corrected chi connectivity index (χ0v) is 6.98. The monoisotopic (exact) mass is 130 g/mol. The number of methoxy groups -OCH3 is 1. The molecular weight excluding hydrogens is 112 g/mol. The second kappa shape index (κ2) is 15.6. The quantitative estimate of drug-likeness (QED) is 0.522. The minimum atomic E-state index is 0.889. The molecule has 0 spiro atoms. The molecule has 0 aliphatic rings. The highest BCUT2D eigenvalue weighted by Gasteiger charge is 1.66. The lowest BCUT2D eigenvalue weighted by molar-refractivity contribution is 0.199. The molecule has 0 aliphatic carbocycles. The van der Waals surface area contributed by atoms with Gasteiger partial charge in [0.25, 0.3) is 0 Å². The molecule has 0 N–H and O–H groups in total. The van der Waals surface area contributed by atoms with Crippen molar-refractivity contribution >= 4 is 0 Å². The van der Waals surface area contributed by atoms with E-state index in [-0.39, 0.29) is 0 Å². The van der Waals surface area contributed by atoms with Gasteiger partial charge in [-0.15, -0.1) is 0 Å². The van der Waals surface area contributed by atoms with Gasteiger partial charge >= 0.3 is 0 Å². The van der Waals surface area contributed by atoms with Crippen molar-refractivity contribution in [1.29, 1.82) is 0 Å². The molecule has 0 amide bonds. The van der Waals surface area contributed by atoms with Gasteiger partial charge in [0, 0.05) is 13.7 Å². The fraction of sp³-hybridized carbons (Fsp3) is 0.750. The highest BCUT2D eigenvalue weighted by molar-refractivity contribution is 4.68. The zero-order chi connectivity index (χ0) is 7.54. The Labute approximate surface area is 58.7 Å². The van der Waals surface area contributed by atoms with E-state index < -0.39 is 0 Å². The molecule has 0 heterocycles. The van der Waals surface area contributed by atoms with Crippen molar-refractivity contribution in [3.05, 3.63) is 12.2 Å². The van der Waals surface area contributed by atoms with Crippen LogP contribution in [0.3, 0.4) is 0 Å². The largest absolute Gasteiger partial charge is 0.385 e. The van der Waals surface area contributed by atoms with Gasteiger partial charge in [-0.2, -0.15) is 0 Å². The van der Waals surface area contributed by atoms with E-state index in [1.165, 1.54) is 0 Å². The lowest BCUT2D eigenvalue weighted by Gasteiger charge is -1.84. The zero-order valence-electron chi connectivity index (χ0n) is 6.98. The molecule has 56 valence electrons. The molecule has 0 rings (SSSR count). The molecule has 0 radical (unpaired) electrons. The van der Waals surface area contributed by atoms with Crippen LogP contribution in [0.5, 0.6) is 0 Å². The molecule has 1 nitrogen and oxygen atoms in total. The van der Waals surface area contributed by atoms with Crippen molar-refractivity contribution in [2.75, 3.05) is 13.7 Å². The van der Waals surface area contributed by atoms with Gasteiger partial charge in [0.2, 0.25) is 0 Å². The van der Waals surface area contributed by atoms with Gasteiger partial charge in [0.05, 0.1) is 0 Å². The molecule has 0 aromatic rings. The first-order chi connectivity index (χ1) is 4.33. The fourth-order valence-electron chi connectivity index (χ4n) is 0.204. The topological polar surface area (TPSA) is 9.23 Å². The van der Waals surface area contributed by atoms with Crippen LogP contribution in [0.1, 0.15) is 27.2 Å². The minimum Gasteiger partial charge on any atom is -0.385 e. The van der Waals surface area contributed by atoms with Crippen molar-refractivity contribution in [2.24, 2.45) is 0 Å². The first-order valence-electron chi connectivity index (χ1n) is 3.39. The van der Waals surface area contributed by atoms with Gasteiger partial charge in [-0.05, 0) is 20.3 Å². The summed E-state index contributed by atoms with van der Waals surface area (Å²) >= 11 is 0. The van der Waals surface area contributed by atoms with E-state index in [4.69, 9.17) is 4.74 Å². The highest BCUT2D eigenvalue weighted by Crippen LogP contribution is 1.70. The van der Waals surface area contributed by atoms with Crippen LogP contribution in [-0.2, 0) is 4.74 Å². The van der Waals surface area contributed by atoms with Crippen LogP contribution >= 0.6 is 0 Å². The van der Waals surface area contributed by atoms with Crippen LogP contribution in [0.15, 0.2) is 12.2 Å². The molecule has 1 heteroatoms. The van der Waals surface area contributed by atoms with Gasteiger partial charge in [0.1, 0.15) is 0 Å². The first-order valence-corrected chi connectivity index (χ1v) is 3.39. The Kier molecular flexibility index (Phi) is 20.0. The molecule has 0 saturated carbocycles. The van der Waals surface area contributed by atoms with E-state index in [1.807, 2.05) is 26.0 Å². The Morgan fingerprint density at radius 1 is 1.22 bits per heavy atom. The van der Waals surface area contributed by atoms with E-state index >= 15 is 0 Å². The summed E-state index contributed by atoms with van der Waals surface area (Å²) in [4.78, 5) is 0. The van der Waals surface area contributed by atoms with Gasteiger partial charge in [-0.25, -0.2) is 0 Å². The van der Waals surface area contributed by atoms with Crippen molar-refractivity contribution in [3.8, 4) is 0 Å². The Hall–Kier alpha value is -0.300. The number of ether oxygens (including phenoxy) is 1. The number of rotatable bonds is 2. The molecule has 9 heavy (non-hydrogen) atoms. The predicted molar refractivity (Wildman–Crippen MR) is 42.7 cm³/mol. The summed E-state index contributed by atoms with van der Waals surface area (Å²) in [5, 5.41) is 0. The molecule has 0 aliphatic heterocycles. The second-order valence-corrected chi connectivity index (χ2v) is 1.66. The number of hydrogen-bond acceptors (Lipinski definition) is 1. The summed E-state index contributed by atoms with van der Waals surface area (Å²) < 4.78 is 4.69. The van der Waals surface area contributed by atoms with Crippen LogP contribution in [0.4, 0.5) is 0 Å². The Morgan fingerprint density at radius 3 is 1.67 bits per heavy atom. The summed E-state index contributed by atoms with van der Waals surface area (Å²) in [7, 11) is 1.71. The average molecular weight is 130 g/mol. The Bertz CT molecular complexity index is 42.5. The minimum absolute atomic E-state index is 0.889. The summed E-state index contributed by atoms with van der Waals surface area (Å²) in [6, 6.07) is 0. The van der Waals surface area contributed by atoms with Crippen LogP contribution in [0, 0.1) is 0 Å². The van der Waals surface area contributed by atoms with E-state index in [0.29, 0.717) is 0 Å². The van der Waals surface area contributed by atoms with Crippen LogP contribution in [0.2, 0.25) is 0 Å². The van der Waals surface area contributed by atoms with E-state index in [2.05, 4.69) is 6.92 Å². The Balaban J connectivity index is 0. The first kappa shape index (κ1) is 11.5. The van der Waals surface area contributed by atoms with Crippen molar-refractivity contribution in [3.63, 3.8) is 0 Å². The lowest BCUT2D eigenvalue weighted by Crippen LogP contribution is -1.80. The smallest absolute Gasteiger partial charge is 0.0459 e. The third-order valence-electron chi connectivity index (χ3n) is 0.742. The van der Waals surface area contributed by atoms with Crippen LogP contribution in [-0.4, -0.2) is 13.7 Å². The van der Waals surface area contributed by atoms with Gasteiger partial charge < -0.3 is 4.74 Å². The van der Waals surface area contributed by atoms with Crippen molar-refractivity contribution in [2.45, 2.75) is 27.2 Å². The lowest BCUT2D eigenvalue weighted by atomic mass is 10.5. The normalized spacial score (nSPS) is 8.89. The third-order valence-corrected chi connectivity index (χ3v) is 0.742. The van der Waals surface area contributed by atoms with Crippen molar-refractivity contribution in [1.82, 2.24) is 0 Å². The molecule has 0 aromatic carbocycles. The molecular formula is C8H18O. The van der Waals surface area contributed by atoms with Crippen LogP contribution in [0.25, 0.3) is 0 Å². The maximum atomic E-state index is 4.69. The van der Waals surface area contributed by atoms with Gasteiger partial charge in [-0.3, -0.25) is 0 Å². The SMILES string of the molecule is CC=CC.CCCOC. The third kappa shape index (κ3) is 34.3. The standard InChI is InChI=1S/C4H10O.C4H8/c1-3-4-5-2;1-3-4-2/h3-4H2,1-2H3;3-4H,1-2H3. The van der Waals surface area contributed by atoms with E-state index in [9.17, 15) is 0 Å². The second-order valence-electron chi connectivity index (χ2n) is 1.66. The molecule has 0 atom stereocenters. The highest BCUT2D eigenvalue weighted by atomic mass is 16.5. The van der Waals surface area contributed by atoms with Crippen molar-refractivity contribution < 1.29 is 4.74 Å².